The number of urea groups is 1. The highest BCUT2D eigenvalue weighted by Gasteiger charge is 2.25. The molecular formula is C17H28N6O2. The van der Waals surface area contributed by atoms with Crippen LogP contribution in [-0.4, -0.2) is 65.6 Å². The third-order valence-corrected chi connectivity index (χ3v) is 4.20. The number of nitrogens with one attached hydrogen (secondary N) is 2. The first kappa shape index (κ1) is 19.1. The molecule has 0 saturated carbocycles. The molecule has 2 rings (SSSR count). The molecule has 0 bridgehead atoms. The standard InChI is InChI=1S/C17H28N6O2/c1-13(2)12-20-17(25)21-15(24)14(3)22-8-5-9-23(11-10-22)16-18-6-4-7-19-16/h4,6-7,13-14H,5,8-12H2,1-3H3,(H2,20,21,24,25)/t14-/m1/s1. The average Bonchev–Trinajstić information content (AvgIpc) is 2.86. The van der Waals surface area contributed by atoms with Gasteiger partial charge in [-0.1, -0.05) is 13.8 Å². The van der Waals surface area contributed by atoms with Gasteiger partial charge in [-0.15, -0.1) is 0 Å². The van der Waals surface area contributed by atoms with E-state index < -0.39 is 6.03 Å². The highest BCUT2D eigenvalue weighted by molar-refractivity contribution is 5.96. The van der Waals surface area contributed by atoms with E-state index in [0.29, 0.717) is 12.5 Å². The lowest BCUT2D eigenvalue weighted by Crippen LogP contribution is -2.50. The lowest BCUT2D eigenvalue weighted by atomic mass is 10.2. The summed E-state index contributed by atoms with van der Waals surface area (Å²) in [6.45, 7) is 9.51. The van der Waals surface area contributed by atoms with E-state index in [4.69, 9.17) is 0 Å². The van der Waals surface area contributed by atoms with E-state index in [2.05, 4.69) is 30.4 Å². The van der Waals surface area contributed by atoms with E-state index in [1.54, 1.807) is 18.5 Å². The van der Waals surface area contributed by atoms with Crippen LogP contribution in [0.1, 0.15) is 27.2 Å². The smallest absolute Gasteiger partial charge is 0.321 e. The summed E-state index contributed by atoms with van der Waals surface area (Å²) < 4.78 is 0. The number of carbonyl (C=O) groups excluding carboxylic acids is 2. The maximum atomic E-state index is 12.3. The first-order chi connectivity index (χ1) is 12.0. The fraction of sp³-hybridized carbons (Fsp3) is 0.647. The van der Waals surface area contributed by atoms with Crippen molar-refractivity contribution >= 4 is 17.9 Å². The van der Waals surface area contributed by atoms with Crippen LogP contribution in [0.2, 0.25) is 0 Å². The van der Waals surface area contributed by atoms with Crippen molar-refractivity contribution in [3.8, 4) is 0 Å². The van der Waals surface area contributed by atoms with Gasteiger partial charge in [0.05, 0.1) is 6.04 Å². The number of aromatic nitrogens is 2. The molecule has 0 aromatic carbocycles. The van der Waals surface area contributed by atoms with Gasteiger partial charge in [0, 0.05) is 45.1 Å². The quantitative estimate of drug-likeness (QED) is 0.820. The molecule has 2 heterocycles. The summed E-state index contributed by atoms with van der Waals surface area (Å²) in [4.78, 5) is 36.9. The number of rotatable bonds is 5. The number of hydrogen-bond acceptors (Lipinski definition) is 6. The number of amides is 3. The fourth-order valence-corrected chi connectivity index (χ4v) is 2.70. The molecule has 138 valence electrons. The zero-order chi connectivity index (χ0) is 18.2. The Kier molecular flexibility index (Phi) is 7.12. The molecule has 1 atom stereocenters. The minimum absolute atomic E-state index is 0.273. The maximum Gasteiger partial charge on any atom is 0.321 e. The van der Waals surface area contributed by atoms with Crippen LogP contribution in [0.5, 0.6) is 0 Å². The van der Waals surface area contributed by atoms with Crippen molar-refractivity contribution in [3.05, 3.63) is 18.5 Å². The van der Waals surface area contributed by atoms with Crippen molar-refractivity contribution in [1.82, 2.24) is 25.5 Å². The Morgan fingerprint density at radius 2 is 1.84 bits per heavy atom. The van der Waals surface area contributed by atoms with Crippen molar-refractivity contribution in [1.29, 1.82) is 0 Å². The summed E-state index contributed by atoms with van der Waals surface area (Å²) in [5.74, 6) is 0.787. The van der Waals surface area contributed by atoms with E-state index in [1.807, 2.05) is 20.8 Å². The second-order valence-corrected chi connectivity index (χ2v) is 6.69. The van der Waals surface area contributed by atoms with E-state index in [-0.39, 0.29) is 11.9 Å². The van der Waals surface area contributed by atoms with Crippen LogP contribution in [0.15, 0.2) is 18.5 Å². The van der Waals surface area contributed by atoms with Crippen molar-refractivity contribution in [2.75, 3.05) is 37.6 Å². The zero-order valence-corrected chi connectivity index (χ0v) is 15.2. The van der Waals surface area contributed by atoms with Crippen LogP contribution in [0.3, 0.4) is 0 Å². The number of anilines is 1. The molecule has 3 amide bonds. The third kappa shape index (κ3) is 5.97. The Hall–Kier alpha value is -2.22. The molecule has 8 heteroatoms. The van der Waals surface area contributed by atoms with Gasteiger partial charge in [0.15, 0.2) is 0 Å². The average molecular weight is 348 g/mol. The molecule has 1 aliphatic heterocycles. The predicted molar refractivity (Wildman–Crippen MR) is 96.3 cm³/mol. The van der Waals surface area contributed by atoms with Crippen LogP contribution in [-0.2, 0) is 4.79 Å². The number of nitrogens with zero attached hydrogens (tertiary/aromatic N) is 4. The van der Waals surface area contributed by atoms with Crippen molar-refractivity contribution in [2.24, 2.45) is 5.92 Å². The van der Waals surface area contributed by atoms with Crippen molar-refractivity contribution in [3.63, 3.8) is 0 Å². The third-order valence-electron chi connectivity index (χ3n) is 4.20. The second kappa shape index (κ2) is 9.31. The largest absolute Gasteiger partial charge is 0.339 e. The normalized spacial score (nSPS) is 17.0. The van der Waals surface area contributed by atoms with Crippen LogP contribution in [0.25, 0.3) is 0 Å². The van der Waals surface area contributed by atoms with Crippen LogP contribution in [0.4, 0.5) is 10.7 Å². The molecule has 0 unspecified atom stereocenters. The van der Waals surface area contributed by atoms with Gasteiger partial charge in [-0.3, -0.25) is 15.0 Å². The Morgan fingerprint density at radius 3 is 2.52 bits per heavy atom. The molecule has 25 heavy (non-hydrogen) atoms. The monoisotopic (exact) mass is 348 g/mol. The van der Waals surface area contributed by atoms with Gasteiger partial charge in [-0.25, -0.2) is 14.8 Å². The van der Waals surface area contributed by atoms with Crippen LogP contribution >= 0.6 is 0 Å². The number of imide groups is 1. The molecule has 2 N–H and O–H groups in total. The maximum absolute atomic E-state index is 12.3. The SMILES string of the molecule is CC(C)CNC(=O)NC(=O)[C@@H](C)N1CCCN(c2ncccn2)CC1. The lowest BCUT2D eigenvalue weighted by molar-refractivity contribution is -0.124. The van der Waals surface area contributed by atoms with Gasteiger partial charge < -0.3 is 10.2 Å². The first-order valence-electron chi connectivity index (χ1n) is 8.82. The summed E-state index contributed by atoms with van der Waals surface area (Å²) in [5, 5.41) is 5.12. The van der Waals surface area contributed by atoms with Gasteiger partial charge in [0.25, 0.3) is 0 Å². The molecule has 1 aliphatic rings. The summed E-state index contributed by atoms with van der Waals surface area (Å²) in [7, 11) is 0. The van der Waals surface area contributed by atoms with E-state index in [9.17, 15) is 9.59 Å². The summed E-state index contributed by atoms with van der Waals surface area (Å²) in [5.41, 5.74) is 0. The first-order valence-corrected chi connectivity index (χ1v) is 8.82. The van der Waals surface area contributed by atoms with Gasteiger partial charge >= 0.3 is 6.03 Å². The fourth-order valence-electron chi connectivity index (χ4n) is 2.70. The Balaban J connectivity index is 1.84. The van der Waals surface area contributed by atoms with Crippen LogP contribution in [0, 0.1) is 5.92 Å². The van der Waals surface area contributed by atoms with Gasteiger partial charge in [-0.05, 0) is 25.3 Å². The summed E-state index contributed by atoms with van der Waals surface area (Å²) in [6.07, 6.45) is 4.38. The van der Waals surface area contributed by atoms with Crippen molar-refractivity contribution in [2.45, 2.75) is 33.2 Å². The molecule has 8 nitrogen and oxygen atoms in total. The summed E-state index contributed by atoms with van der Waals surface area (Å²) in [6, 6.07) is 1.01. The highest BCUT2D eigenvalue weighted by atomic mass is 16.2. The molecule has 0 spiro atoms. The number of hydrogen-bond donors (Lipinski definition) is 2. The van der Waals surface area contributed by atoms with E-state index in [0.717, 1.165) is 38.5 Å². The Bertz CT molecular complexity index is 566. The molecule has 0 radical (unpaired) electrons. The minimum atomic E-state index is -0.431. The van der Waals surface area contributed by atoms with Gasteiger partial charge in [0.1, 0.15) is 0 Å². The topological polar surface area (TPSA) is 90.5 Å². The molecule has 1 fully saturated rings. The minimum Gasteiger partial charge on any atom is -0.339 e. The highest BCUT2D eigenvalue weighted by Crippen LogP contribution is 2.12. The lowest BCUT2D eigenvalue weighted by Gasteiger charge is -2.26. The number of carbonyl (C=O) groups is 2. The molecular weight excluding hydrogens is 320 g/mol. The second-order valence-electron chi connectivity index (χ2n) is 6.69. The summed E-state index contributed by atoms with van der Waals surface area (Å²) >= 11 is 0. The Labute approximate surface area is 149 Å². The van der Waals surface area contributed by atoms with Crippen molar-refractivity contribution < 1.29 is 9.59 Å². The molecule has 0 aliphatic carbocycles. The molecule has 1 aromatic rings. The van der Waals surface area contributed by atoms with E-state index >= 15 is 0 Å². The van der Waals surface area contributed by atoms with Gasteiger partial charge in [0.2, 0.25) is 11.9 Å². The van der Waals surface area contributed by atoms with Crippen LogP contribution < -0.4 is 15.5 Å². The zero-order valence-electron chi connectivity index (χ0n) is 15.2. The predicted octanol–water partition coefficient (Wildman–Crippen LogP) is 0.859. The van der Waals surface area contributed by atoms with Gasteiger partial charge in [-0.2, -0.15) is 0 Å². The van der Waals surface area contributed by atoms with E-state index in [1.165, 1.54) is 0 Å². The molecule has 1 aromatic heterocycles. The molecule has 1 saturated heterocycles. The Morgan fingerprint density at radius 1 is 1.12 bits per heavy atom.